The molecule has 1 N–H and O–H groups in total. The molecule has 0 saturated heterocycles. The van der Waals surface area contributed by atoms with Crippen molar-refractivity contribution in [3.05, 3.63) is 61.6 Å². The average Bonchev–Trinajstić information content (AvgIpc) is 2.44. The molecule has 21 heavy (non-hydrogen) atoms. The molecule has 2 aromatic carbocycles. The van der Waals surface area contributed by atoms with Gasteiger partial charge in [-0.3, -0.25) is 0 Å². The molecule has 112 valence electrons. The van der Waals surface area contributed by atoms with E-state index in [4.69, 9.17) is 16.3 Å². The topological polar surface area (TPSA) is 29.5 Å². The Morgan fingerprint density at radius 1 is 1.19 bits per heavy atom. The molecule has 0 saturated carbocycles. The highest BCUT2D eigenvalue weighted by atomic mass is 79.9. The Bertz CT molecular complexity index is 683. The first-order valence-corrected chi connectivity index (χ1v) is 7.82. The molecule has 0 amide bonds. The summed E-state index contributed by atoms with van der Waals surface area (Å²) in [5, 5.41) is 11.4. The number of halogens is 2. The van der Waals surface area contributed by atoms with Crippen LogP contribution in [0, 0.1) is 20.8 Å². The van der Waals surface area contributed by atoms with Crippen LogP contribution in [0.3, 0.4) is 0 Å². The van der Waals surface area contributed by atoms with Gasteiger partial charge >= 0.3 is 0 Å². The van der Waals surface area contributed by atoms with Gasteiger partial charge in [0, 0.05) is 20.6 Å². The van der Waals surface area contributed by atoms with Gasteiger partial charge in [0.25, 0.3) is 0 Å². The number of rotatable bonds is 3. The van der Waals surface area contributed by atoms with Crippen molar-refractivity contribution in [3.8, 4) is 5.75 Å². The van der Waals surface area contributed by atoms with Crippen LogP contribution in [0.4, 0.5) is 0 Å². The Kier molecular flexibility index (Phi) is 4.97. The first kappa shape index (κ1) is 16.3. The molecule has 2 rings (SSSR count). The number of hydrogen-bond donors (Lipinski definition) is 1. The van der Waals surface area contributed by atoms with Gasteiger partial charge in [-0.1, -0.05) is 45.7 Å². The van der Waals surface area contributed by atoms with E-state index in [1.54, 1.807) is 7.11 Å². The van der Waals surface area contributed by atoms with Crippen molar-refractivity contribution >= 4 is 27.5 Å². The van der Waals surface area contributed by atoms with E-state index in [1.165, 1.54) is 0 Å². The summed E-state index contributed by atoms with van der Waals surface area (Å²) >= 11 is 9.89. The van der Waals surface area contributed by atoms with Crippen LogP contribution < -0.4 is 4.74 Å². The SMILES string of the molecule is COc1c(C)cc(Br)c(C)c1C(O)c1cccc(C)c1Cl. The predicted molar refractivity (Wildman–Crippen MR) is 90.4 cm³/mol. The minimum Gasteiger partial charge on any atom is -0.496 e. The lowest BCUT2D eigenvalue weighted by Gasteiger charge is -2.22. The summed E-state index contributed by atoms with van der Waals surface area (Å²) < 4.78 is 6.44. The lowest BCUT2D eigenvalue weighted by atomic mass is 9.93. The number of ether oxygens (including phenoxy) is 1. The highest BCUT2D eigenvalue weighted by Gasteiger charge is 2.23. The average molecular weight is 370 g/mol. The molecular weight excluding hydrogens is 352 g/mol. The lowest BCUT2D eigenvalue weighted by Crippen LogP contribution is -2.07. The smallest absolute Gasteiger partial charge is 0.128 e. The van der Waals surface area contributed by atoms with Crippen molar-refractivity contribution in [2.75, 3.05) is 7.11 Å². The van der Waals surface area contributed by atoms with Crippen LogP contribution in [0.5, 0.6) is 5.75 Å². The van der Waals surface area contributed by atoms with Crippen molar-refractivity contribution in [1.29, 1.82) is 0 Å². The van der Waals surface area contributed by atoms with Gasteiger partial charge in [0.2, 0.25) is 0 Å². The summed E-state index contributed by atoms with van der Waals surface area (Å²) in [6.45, 7) is 5.83. The molecule has 4 heteroatoms. The summed E-state index contributed by atoms with van der Waals surface area (Å²) in [4.78, 5) is 0. The Balaban J connectivity index is 2.68. The second kappa shape index (κ2) is 6.39. The van der Waals surface area contributed by atoms with Gasteiger partial charge in [0.1, 0.15) is 11.9 Å². The van der Waals surface area contributed by atoms with E-state index >= 15 is 0 Å². The normalized spacial score (nSPS) is 12.3. The third-order valence-corrected chi connectivity index (χ3v) is 5.04. The molecule has 2 nitrogen and oxygen atoms in total. The number of aliphatic hydroxyl groups excluding tert-OH is 1. The maximum Gasteiger partial charge on any atom is 0.128 e. The Morgan fingerprint density at radius 2 is 1.86 bits per heavy atom. The molecule has 0 radical (unpaired) electrons. The van der Waals surface area contributed by atoms with E-state index < -0.39 is 6.10 Å². The lowest BCUT2D eigenvalue weighted by molar-refractivity contribution is 0.213. The third-order valence-electron chi connectivity index (χ3n) is 3.70. The summed E-state index contributed by atoms with van der Waals surface area (Å²) in [5.74, 6) is 0.695. The highest BCUT2D eigenvalue weighted by molar-refractivity contribution is 9.10. The molecule has 0 aromatic heterocycles. The molecule has 1 unspecified atom stereocenters. The van der Waals surface area contributed by atoms with Crippen molar-refractivity contribution in [2.45, 2.75) is 26.9 Å². The number of methoxy groups -OCH3 is 1. The molecular formula is C17H18BrClO2. The van der Waals surface area contributed by atoms with E-state index in [9.17, 15) is 5.11 Å². The Hall–Kier alpha value is -1.03. The number of benzene rings is 2. The van der Waals surface area contributed by atoms with E-state index in [1.807, 2.05) is 45.0 Å². The Labute approximate surface area is 138 Å². The fourth-order valence-electron chi connectivity index (χ4n) is 2.51. The van der Waals surface area contributed by atoms with Crippen LogP contribution in [-0.2, 0) is 0 Å². The van der Waals surface area contributed by atoms with Gasteiger partial charge < -0.3 is 9.84 Å². The van der Waals surface area contributed by atoms with Gasteiger partial charge in [-0.15, -0.1) is 0 Å². The zero-order valence-corrected chi connectivity index (χ0v) is 14.8. The minimum absolute atomic E-state index is 0.587. The molecule has 0 bridgehead atoms. The number of aliphatic hydroxyl groups is 1. The van der Waals surface area contributed by atoms with E-state index in [2.05, 4.69) is 15.9 Å². The summed E-state index contributed by atoms with van der Waals surface area (Å²) in [5.41, 5.74) is 4.29. The van der Waals surface area contributed by atoms with Crippen LogP contribution in [0.2, 0.25) is 5.02 Å². The fourth-order valence-corrected chi connectivity index (χ4v) is 3.30. The second-order valence-electron chi connectivity index (χ2n) is 5.13. The van der Waals surface area contributed by atoms with Crippen molar-refractivity contribution in [3.63, 3.8) is 0 Å². The molecule has 0 aliphatic rings. The molecule has 1 atom stereocenters. The summed E-state index contributed by atoms with van der Waals surface area (Å²) in [6.07, 6.45) is -0.830. The quantitative estimate of drug-likeness (QED) is 0.814. The fraction of sp³-hybridized carbons (Fsp3) is 0.294. The van der Waals surface area contributed by atoms with E-state index in [0.717, 1.165) is 26.7 Å². The third kappa shape index (κ3) is 2.96. The number of aryl methyl sites for hydroxylation is 2. The largest absolute Gasteiger partial charge is 0.496 e. The van der Waals surface area contributed by atoms with Gasteiger partial charge in [-0.2, -0.15) is 0 Å². The van der Waals surface area contributed by atoms with Crippen LogP contribution in [0.25, 0.3) is 0 Å². The number of hydrogen-bond acceptors (Lipinski definition) is 2. The van der Waals surface area contributed by atoms with Crippen LogP contribution in [0.1, 0.15) is 33.9 Å². The van der Waals surface area contributed by atoms with E-state index in [0.29, 0.717) is 16.3 Å². The van der Waals surface area contributed by atoms with Crippen molar-refractivity contribution < 1.29 is 9.84 Å². The summed E-state index contributed by atoms with van der Waals surface area (Å²) in [7, 11) is 1.61. The van der Waals surface area contributed by atoms with Crippen molar-refractivity contribution in [1.82, 2.24) is 0 Å². The minimum atomic E-state index is -0.830. The predicted octanol–water partition coefficient (Wildman–Crippen LogP) is 5.12. The Morgan fingerprint density at radius 3 is 2.48 bits per heavy atom. The first-order chi connectivity index (χ1) is 9.88. The van der Waals surface area contributed by atoms with E-state index in [-0.39, 0.29) is 0 Å². The molecule has 0 spiro atoms. The molecule has 0 fully saturated rings. The summed E-state index contributed by atoms with van der Waals surface area (Å²) in [6, 6.07) is 7.65. The highest BCUT2D eigenvalue weighted by Crippen LogP contribution is 2.40. The van der Waals surface area contributed by atoms with Gasteiger partial charge in [0.15, 0.2) is 0 Å². The first-order valence-electron chi connectivity index (χ1n) is 6.65. The van der Waals surface area contributed by atoms with Gasteiger partial charge in [-0.25, -0.2) is 0 Å². The van der Waals surface area contributed by atoms with Crippen LogP contribution in [0.15, 0.2) is 28.7 Å². The van der Waals surface area contributed by atoms with Gasteiger partial charge in [-0.05, 0) is 43.5 Å². The molecule has 0 aliphatic carbocycles. The molecule has 0 heterocycles. The zero-order valence-electron chi connectivity index (χ0n) is 12.5. The van der Waals surface area contributed by atoms with Crippen molar-refractivity contribution in [2.24, 2.45) is 0 Å². The van der Waals surface area contributed by atoms with Crippen LogP contribution in [-0.4, -0.2) is 12.2 Å². The standard InChI is InChI=1S/C17H18BrClO2/c1-9-6-5-7-12(15(9)19)16(20)14-11(3)13(18)8-10(2)17(14)21-4/h5-8,16,20H,1-4H3. The molecule has 0 aliphatic heterocycles. The van der Waals surface area contributed by atoms with Crippen LogP contribution >= 0.6 is 27.5 Å². The molecule has 2 aromatic rings. The van der Waals surface area contributed by atoms with Gasteiger partial charge in [0.05, 0.1) is 7.11 Å². The maximum absolute atomic E-state index is 10.9. The maximum atomic E-state index is 10.9. The zero-order chi connectivity index (χ0) is 15.7. The monoisotopic (exact) mass is 368 g/mol. The second-order valence-corrected chi connectivity index (χ2v) is 6.36.